The van der Waals surface area contributed by atoms with Crippen LogP contribution in [0.3, 0.4) is 0 Å². The van der Waals surface area contributed by atoms with Crippen molar-refractivity contribution in [3.63, 3.8) is 0 Å². The molecule has 0 radical (unpaired) electrons. The van der Waals surface area contributed by atoms with Gasteiger partial charge in [-0.3, -0.25) is 9.69 Å². The third-order valence-electron chi connectivity index (χ3n) is 4.51. The van der Waals surface area contributed by atoms with Gasteiger partial charge in [0.25, 0.3) is 0 Å². The topological polar surface area (TPSA) is 74.3 Å². The van der Waals surface area contributed by atoms with Crippen LogP contribution in [0.5, 0.6) is 0 Å². The Morgan fingerprint density at radius 1 is 1.38 bits per heavy atom. The van der Waals surface area contributed by atoms with Crippen LogP contribution in [0.2, 0.25) is 0 Å². The van der Waals surface area contributed by atoms with E-state index in [1.165, 1.54) is 0 Å². The van der Waals surface area contributed by atoms with Crippen molar-refractivity contribution in [1.29, 1.82) is 0 Å². The van der Waals surface area contributed by atoms with Crippen LogP contribution in [-0.2, 0) is 16.1 Å². The van der Waals surface area contributed by atoms with Gasteiger partial charge in [-0.05, 0) is 5.56 Å². The second-order valence-corrected chi connectivity index (χ2v) is 6.20. The number of amides is 1. The number of ether oxygens (including phenoxy) is 1. The predicted molar refractivity (Wildman–Crippen MR) is 89.3 cm³/mol. The first-order valence-corrected chi connectivity index (χ1v) is 8.06. The third-order valence-corrected chi connectivity index (χ3v) is 4.51. The standard InChI is InChI=1S/C17H23N5O2/c1-21(9-13-6-4-3-5-7-13)17(23)12-22-10-14(16(11-22)24-2)15-8-18-20-19-15/h3-8,14,16H,9-12H2,1-2H3,(H,18,19,20)/t14-,16+/m0/s1. The van der Waals surface area contributed by atoms with Crippen molar-refractivity contribution in [3.8, 4) is 0 Å². The van der Waals surface area contributed by atoms with Crippen LogP contribution in [0.25, 0.3) is 0 Å². The van der Waals surface area contributed by atoms with Crippen LogP contribution in [0.15, 0.2) is 36.5 Å². The molecular formula is C17H23N5O2. The molecule has 0 unspecified atom stereocenters. The second-order valence-electron chi connectivity index (χ2n) is 6.20. The van der Waals surface area contributed by atoms with Crippen LogP contribution in [0, 0.1) is 0 Å². The molecule has 0 saturated carbocycles. The number of H-pyrrole nitrogens is 1. The van der Waals surface area contributed by atoms with E-state index in [1.54, 1.807) is 18.2 Å². The van der Waals surface area contributed by atoms with E-state index in [9.17, 15) is 4.79 Å². The van der Waals surface area contributed by atoms with Gasteiger partial charge in [0.05, 0.1) is 24.5 Å². The van der Waals surface area contributed by atoms with Crippen molar-refractivity contribution in [1.82, 2.24) is 25.2 Å². The van der Waals surface area contributed by atoms with E-state index in [1.807, 2.05) is 37.4 Å². The zero-order valence-electron chi connectivity index (χ0n) is 14.1. The summed E-state index contributed by atoms with van der Waals surface area (Å²) in [5.74, 6) is 0.246. The Morgan fingerprint density at radius 2 is 2.17 bits per heavy atom. The Labute approximate surface area is 141 Å². The zero-order chi connectivity index (χ0) is 16.9. The number of nitrogens with zero attached hydrogens (tertiary/aromatic N) is 4. The molecule has 24 heavy (non-hydrogen) atoms. The fourth-order valence-electron chi connectivity index (χ4n) is 3.15. The lowest BCUT2D eigenvalue weighted by Gasteiger charge is -2.21. The fourth-order valence-corrected chi connectivity index (χ4v) is 3.15. The van der Waals surface area contributed by atoms with Crippen LogP contribution in [0.1, 0.15) is 17.2 Å². The SMILES string of the molecule is CO[C@@H]1CN(CC(=O)N(C)Cc2ccccc2)C[C@H]1c1cn[nH]n1. The molecule has 1 aliphatic rings. The van der Waals surface area contributed by atoms with Crippen LogP contribution in [0.4, 0.5) is 0 Å². The number of nitrogens with one attached hydrogen (secondary N) is 1. The smallest absolute Gasteiger partial charge is 0.236 e. The molecule has 7 heteroatoms. The predicted octanol–water partition coefficient (Wildman–Crippen LogP) is 0.877. The summed E-state index contributed by atoms with van der Waals surface area (Å²) in [6.07, 6.45) is 1.76. The highest BCUT2D eigenvalue weighted by atomic mass is 16.5. The van der Waals surface area contributed by atoms with Gasteiger partial charge < -0.3 is 9.64 Å². The average molecular weight is 329 g/mol. The van der Waals surface area contributed by atoms with Gasteiger partial charge in [0.15, 0.2) is 0 Å². The van der Waals surface area contributed by atoms with Gasteiger partial charge in [-0.15, -0.1) is 0 Å². The molecule has 2 heterocycles. The molecule has 7 nitrogen and oxygen atoms in total. The minimum absolute atomic E-state index is 0.0299. The maximum Gasteiger partial charge on any atom is 0.236 e. The van der Waals surface area contributed by atoms with Gasteiger partial charge in [-0.25, -0.2) is 0 Å². The van der Waals surface area contributed by atoms with Crippen molar-refractivity contribution >= 4 is 5.91 Å². The molecule has 1 aliphatic heterocycles. The third kappa shape index (κ3) is 3.80. The zero-order valence-corrected chi connectivity index (χ0v) is 14.1. The summed E-state index contributed by atoms with van der Waals surface area (Å²) in [5.41, 5.74) is 2.01. The molecule has 2 atom stereocenters. The molecular weight excluding hydrogens is 306 g/mol. The fraction of sp³-hybridized carbons (Fsp3) is 0.471. The Balaban J connectivity index is 1.56. The number of hydrogen-bond acceptors (Lipinski definition) is 5. The monoisotopic (exact) mass is 329 g/mol. The number of carbonyl (C=O) groups excluding carboxylic acids is 1. The molecule has 128 valence electrons. The maximum atomic E-state index is 12.5. The summed E-state index contributed by atoms with van der Waals surface area (Å²) >= 11 is 0. The lowest BCUT2D eigenvalue weighted by molar-refractivity contribution is -0.131. The second kappa shape index (κ2) is 7.55. The number of methoxy groups -OCH3 is 1. The van der Waals surface area contributed by atoms with Crippen molar-refractivity contribution in [2.24, 2.45) is 0 Å². The first kappa shape index (κ1) is 16.6. The molecule has 0 aliphatic carbocycles. The normalized spacial score (nSPS) is 21.1. The summed E-state index contributed by atoms with van der Waals surface area (Å²) in [5, 5.41) is 10.7. The lowest BCUT2D eigenvalue weighted by atomic mass is 10.0. The van der Waals surface area contributed by atoms with Crippen molar-refractivity contribution in [3.05, 3.63) is 47.8 Å². The van der Waals surface area contributed by atoms with Gasteiger partial charge in [0, 0.05) is 39.7 Å². The number of likely N-dealkylation sites (tertiary alicyclic amines) is 1. The van der Waals surface area contributed by atoms with E-state index >= 15 is 0 Å². The molecule has 1 saturated heterocycles. The molecule has 0 spiro atoms. The van der Waals surface area contributed by atoms with E-state index in [0.717, 1.165) is 24.3 Å². The van der Waals surface area contributed by atoms with Crippen LogP contribution >= 0.6 is 0 Å². The van der Waals surface area contributed by atoms with Crippen molar-refractivity contribution < 1.29 is 9.53 Å². The molecule has 1 amide bonds. The molecule has 1 aromatic carbocycles. The van der Waals surface area contributed by atoms with Crippen molar-refractivity contribution in [2.45, 2.75) is 18.6 Å². The van der Waals surface area contributed by atoms with Gasteiger partial charge >= 0.3 is 0 Å². The largest absolute Gasteiger partial charge is 0.379 e. The highest BCUT2D eigenvalue weighted by molar-refractivity contribution is 5.78. The summed E-state index contributed by atoms with van der Waals surface area (Å²) < 4.78 is 5.57. The number of hydrogen-bond donors (Lipinski definition) is 1. The quantitative estimate of drug-likeness (QED) is 0.851. The highest BCUT2D eigenvalue weighted by Gasteiger charge is 2.36. The number of likely N-dealkylation sites (N-methyl/N-ethyl adjacent to an activating group) is 1. The molecule has 0 bridgehead atoms. The Kier molecular flexibility index (Phi) is 5.22. The maximum absolute atomic E-state index is 12.5. The lowest BCUT2D eigenvalue weighted by Crippen LogP contribution is -2.37. The Bertz CT molecular complexity index is 646. The first-order chi connectivity index (χ1) is 11.7. The number of rotatable bonds is 6. The van der Waals surface area contributed by atoms with Gasteiger partial charge in [-0.2, -0.15) is 15.4 Å². The van der Waals surface area contributed by atoms with E-state index < -0.39 is 0 Å². The van der Waals surface area contributed by atoms with E-state index in [0.29, 0.717) is 13.1 Å². The Hall–Kier alpha value is -2.25. The average Bonchev–Trinajstić information content (AvgIpc) is 3.24. The number of aromatic amines is 1. The molecule has 1 fully saturated rings. The molecule has 1 N–H and O–H groups in total. The van der Waals surface area contributed by atoms with Gasteiger partial charge in [0.2, 0.25) is 5.91 Å². The molecule has 2 aromatic rings. The molecule has 1 aromatic heterocycles. The highest BCUT2D eigenvalue weighted by Crippen LogP contribution is 2.27. The van der Waals surface area contributed by atoms with Crippen LogP contribution in [-0.4, -0.2) is 71.0 Å². The number of aromatic nitrogens is 3. The van der Waals surface area contributed by atoms with Crippen molar-refractivity contribution in [2.75, 3.05) is 33.8 Å². The van der Waals surface area contributed by atoms with Gasteiger partial charge in [0.1, 0.15) is 0 Å². The summed E-state index contributed by atoms with van der Waals surface area (Å²) in [7, 11) is 3.54. The van der Waals surface area contributed by atoms with E-state index in [4.69, 9.17) is 4.74 Å². The summed E-state index contributed by atoms with van der Waals surface area (Å²) in [6.45, 7) is 2.47. The van der Waals surface area contributed by atoms with Gasteiger partial charge in [-0.1, -0.05) is 30.3 Å². The number of carbonyl (C=O) groups is 1. The van der Waals surface area contributed by atoms with E-state index in [2.05, 4.69) is 20.3 Å². The minimum Gasteiger partial charge on any atom is -0.379 e. The summed E-state index contributed by atoms with van der Waals surface area (Å²) in [4.78, 5) is 16.4. The summed E-state index contributed by atoms with van der Waals surface area (Å²) in [6, 6.07) is 10.0. The Morgan fingerprint density at radius 3 is 2.83 bits per heavy atom. The number of benzene rings is 1. The van der Waals surface area contributed by atoms with Crippen LogP contribution < -0.4 is 0 Å². The van der Waals surface area contributed by atoms with E-state index in [-0.39, 0.29) is 17.9 Å². The minimum atomic E-state index is 0.0299. The molecule has 3 rings (SSSR count). The first-order valence-electron chi connectivity index (χ1n) is 8.06.